The molecule has 1 unspecified atom stereocenters. The van der Waals surface area contributed by atoms with E-state index in [0.717, 1.165) is 0 Å². The highest BCUT2D eigenvalue weighted by molar-refractivity contribution is 5.71. The molecule has 0 amide bonds. The zero-order valence-electron chi connectivity index (χ0n) is 13.5. The lowest BCUT2D eigenvalue weighted by molar-refractivity contribution is -0.384. The topological polar surface area (TPSA) is 180 Å². The van der Waals surface area contributed by atoms with Crippen LogP contribution in [-0.4, -0.2) is 26.2 Å². The molecule has 1 atom stereocenters. The molecule has 0 spiro atoms. The van der Waals surface area contributed by atoms with Gasteiger partial charge in [0.2, 0.25) is 5.95 Å². The van der Waals surface area contributed by atoms with Crippen molar-refractivity contribution in [1.29, 1.82) is 0 Å². The largest absolute Gasteiger partial charge is 0.511 e. The summed E-state index contributed by atoms with van der Waals surface area (Å²) in [7, 11) is 0. The molecule has 0 fully saturated rings. The second-order valence-electron chi connectivity index (χ2n) is 5.50. The van der Waals surface area contributed by atoms with Crippen LogP contribution in [0.5, 0.6) is 0 Å². The van der Waals surface area contributed by atoms with Crippen LogP contribution in [0.25, 0.3) is 0 Å². The number of hydrogen-bond acceptors (Lipinski definition) is 9. The average Bonchev–Trinajstić information content (AvgIpc) is 2.55. The fraction of sp³-hybridized carbons (Fsp3) is 0.133. The minimum atomic E-state index is -1.53. The van der Waals surface area contributed by atoms with Crippen LogP contribution in [0, 0.1) is 10.1 Å². The third-order valence-corrected chi connectivity index (χ3v) is 3.83. The van der Waals surface area contributed by atoms with E-state index in [1.165, 1.54) is 18.2 Å². The molecule has 0 saturated heterocycles. The molecule has 0 aliphatic carbocycles. The van der Waals surface area contributed by atoms with Crippen LogP contribution < -0.4 is 16.8 Å². The minimum Gasteiger partial charge on any atom is -0.449 e. The molecule has 6 N–H and O–H groups in total. The first kappa shape index (κ1) is 17.0. The number of nitro benzene ring substituents is 1. The summed E-state index contributed by atoms with van der Waals surface area (Å²) in [4.78, 5) is 29.7. The van der Waals surface area contributed by atoms with Crippen LogP contribution >= 0.6 is 0 Å². The smallest absolute Gasteiger partial charge is 0.449 e. The van der Waals surface area contributed by atoms with Crippen molar-refractivity contribution in [2.24, 2.45) is 0 Å². The number of anilines is 3. The van der Waals surface area contributed by atoms with Gasteiger partial charge in [0.1, 0.15) is 17.4 Å². The number of non-ortho nitro benzene ring substituents is 1. The normalized spacial score (nSPS) is 15.8. The van der Waals surface area contributed by atoms with Crippen molar-refractivity contribution in [2.75, 3.05) is 16.8 Å². The van der Waals surface area contributed by atoms with E-state index in [1.54, 1.807) is 13.0 Å². The van der Waals surface area contributed by atoms with Crippen LogP contribution in [0.3, 0.4) is 0 Å². The van der Waals surface area contributed by atoms with Gasteiger partial charge in [-0.05, 0) is 12.5 Å². The quantitative estimate of drug-likeness (QED) is 0.360. The van der Waals surface area contributed by atoms with Gasteiger partial charge in [-0.15, -0.1) is 0 Å². The van der Waals surface area contributed by atoms with E-state index in [4.69, 9.17) is 21.3 Å². The van der Waals surface area contributed by atoms with E-state index in [1.807, 2.05) is 0 Å². The molecule has 2 heterocycles. The van der Waals surface area contributed by atoms with Crippen LogP contribution in [0.2, 0.25) is 0 Å². The third-order valence-electron chi connectivity index (χ3n) is 3.83. The highest BCUT2D eigenvalue weighted by Gasteiger charge is 2.35. The Bertz CT molecular complexity index is 958. The summed E-state index contributed by atoms with van der Waals surface area (Å²) in [6.45, 7) is 1.58. The van der Waals surface area contributed by atoms with Crippen molar-refractivity contribution in [3.8, 4) is 0 Å². The van der Waals surface area contributed by atoms with Gasteiger partial charge in [-0.1, -0.05) is 12.1 Å². The average molecular weight is 358 g/mol. The van der Waals surface area contributed by atoms with Gasteiger partial charge in [0, 0.05) is 12.1 Å². The number of hydrogen-bond donors (Lipinski definition) is 4. The van der Waals surface area contributed by atoms with Gasteiger partial charge in [-0.2, -0.15) is 9.97 Å². The van der Waals surface area contributed by atoms with Crippen LogP contribution in [0.1, 0.15) is 24.0 Å². The van der Waals surface area contributed by atoms with E-state index >= 15 is 0 Å². The maximum Gasteiger partial charge on any atom is 0.511 e. The summed E-state index contributed by atoms with van der Waals surface area (Å²) < 4.78 is 4.93. The summed E-state index contributed by atoms with van der Waals surface area (Å²) in [6, 6.07) is 5.72. The Morgan fingerprint density at radius 1 is 1.38 bits per heavy atom. The first-order chi connectivity index (χ1) is 12.3. The number of carboxylic acid groups (broad SMARTS) is 1. The lowest BCUT2D eigenvalue weighted by Gasteiger charge is -2.29. The number of allylic oxidation sites excluding steroid dienone is 2. The Hall–Kier alpha value is -3.89. The van der Waals surface area contributed by atoms with E-state index in [2.05, 4.69) is 15.3 Å². The van der Waals surface area contributed by atoms with Crippen molar-refractivity contribution < 1.29 is 19.6 Å². The van der Waals surface area contributed by atoms with E-state index < -0.39 is 17.0 Å². The standard InChI is InChI=1S/C15H14N6O5/c1-6-11(26-15(22)23)9(7-3-2-4-8(5-7)21(24)25)10-12(16)19-14(17)20-13(10)18-6/h2-5,9H,1H3,(H,22,23)(H5,16,17,18,19,20). The number of nitrogen functional groups attached to an aromatic ring is 2. The number of nitrogens with zero attached hydrogens (tertiary/aromatic N) is 3. The van der Waals surface area contributed by atoms with Crippen molar-refractivity contribution in [2.45, 2.75) is 12.8 Å². The fourth-order valence-electron chi connectivity index (χ4n) is 2.84. The molecule has 11 nitrogen and oxygen atoms in total. The van der Waals surface area contributed by atoms with E-state index in [-0.39, 0.29) is 29.0 Å². The van der Waals surface area contributed by atoms with Gasteiger partial charge in [0.15, 0.2) is 0 Å². The Balaban J connectivity index is 2.26. The molecular formula is C15H14N6O5. The van der Waals surface area contributed by atoms with E-state index in [9.17, 15) is 14.9 Å². The van der Waals surface area contributed by atoms with Gasteiger partial charge >= 0.3 is 6.16 Å². The van der Waals surface area contributed by atoms with Crippen LogP contribution in [0.15, 0.2) is 35.7 Å². The van der Waals surface area contributed by atoms with Gasteiger partial charge in [-0.25, -0.2) is 4.79 Å². The minimum absolute atomic E-state index is 0.00972. The molecule has 0 bridgehead atoms. The molecule has 1 aromatic carbocycles. The zero-order valence-corrected chi connectivity index (χ0v) is 13.5. The summed E-state index contributed by atoms with van der Waals surface area (Å²) in [5.74, 6) is -0.618. The lowest BCUT2D eigenvalue weighted by Crippen LogP contribution is -2.24. The molecule has 1 aliphatic rings. The van der Waals surface area contributed by atoms with Crippen molar-refractivity contribution >= 4 is 29.4 Å². The summed E-state index contributed by atoms with van der Waals surface area (Å²) in [6.07, 6.45) is -1.53. The first-order valence-electron chi connectivity index (χ1n) is 7.33. The molecule has 11 heteroatoms. The molecule has 1 aromatic heterocycles. The van der Waals surface area contributed by atoms with E-state index in [0.29, 0.717) is 16.8 Å². The Labute approximate surface area is 146 Å². The summed E-state index contributed by atoms with van der Waals surface area (Å²) >= 11 is 0. The molecule has 26 heavy (non-hydrogen) atoms. The Morgan fingerprint density at radius 2 is 2.12 bits per heavy atom. The highest BCUT2D eigenvalue weighted by Crippen LogP contribution is 2.44. The molecule has 2 aromatic rings. The fourth-order valence-corrected chi connectivity index (χ4v) is 2.84. The number of carbonyl (C=O) groups is 1. The predicted octanol–water partition coefficient (Wildman–Crippen LogP) is 2.03. The van der Waals surface area contributed by atoms with Crippen molar-refractivity contribution in [1.82, 2.24) is 9.97 Å². The zero-order chi connectivity index (χ0) is 19.0. The van der Waals surface area contributed by atoms with Crippen LogP contribution in [0.4, 0.5) is 28.1 Å². The number of nitro groups is 1. The highest BCUT2D eigenvalue weighted by atomic mass is 16.7. The summed E-state index contributed by atoms with van der Waals surface area (Å²) in [5.41, 5.74) is 12.5. The Morgan fingerprint density at radius 3 is 2.77 bits per heavy atom. The van der Waals surface area contributed by atoms with Gasteiger partial charge < -0.3 is 26.6 Å². The number of benzene rings is 1. The lowest BCUT2D eigenvalue weighted by atomic mass is 9.86. The predicted molar refractivity (Wildman–Crippen MR) is 91.2 cm³/mol. The molecular weight excluding hydrogens is 344 g/mol. The van der Waals surface area contributed by atoms with Crippen LogP contribution in [-0.2, 0) is 4.74 Å². The monoisotopic (exact) mass is 358 g/mol. The molecule has 0 radical (unpaired) electrons. The number of rotatable bonds is 3. The number of nitrogens with two attached hydrogens (primary N) is 2. The summed E-state index contributed by atoms with van der Waals surface area (Å²) in [5, 5.41) is 23.1. The van der Waals surface area contributed by atoms with Crippen molar-refractivity contribution in [3.05, 3.63) is 57.0 Å². The molecule has 134 valence electrons. The van der Waals surface area contributed by atoms with Gasteiger partial charge in [-0.3, -0.25) is 10.1 Å². The molecule has 1 aliphatic heterocycles. The Kier molecular flexibility index (Phi) is 4.04. The maximum absolute atomic E-state index is 11.1. The molecule has 0 saturated carbocycles. The third kappa shape index (κ3) is 2.92. The van der Waals surface area contributed by atoms with Gasteiger partial charge in [0.05, 0.1) is 22.1 Å². The number of nitrogens with one attached hydrogen (secondary N) is 1. The maximum atomic E-state index is 11.1. The van der Waals surface area contributed by atoms with Gasteiger partial charge in [0.25, 0.3) is 5.69 Å². The SMILES string of the molecule is CC1=C(OC(=O)O)C(c2cccc([N+](=O)[O-])c2)c2c(N)nc(N)nc2N1. The number of ether oxygens (including phenoxy) is 1. The number of aromatic nitrogens is 2. The second kappa shape index (κ2) is 6.20. The number of fused-ring (bicyclic) bond motifs is 1. The molecule has 3 rings (SSSR count). The first-order valence-corrected chi connectivity index (χ1v) is 7.33. The van der Waals surface area contributed by atoms with Crippen molar-refractivity contribution in [3.63, 3.8) is 0 Å². The second-order valence-corrected chi connectivity index (χ2v) is 5.50.